The van der Waals surface area contributed by atoms with E-state index in [4.69, 9.17) is 16.7 Å². The number of hydrogen-bond acceptors (Lipinski definition) is 3. The van der Waals surface area contributed by atoms with Gasteiger partial charge in [-0.05, 0) is 24.5 Å². The van der Waals surface area contributed by atoms with Gasteiger partial charge in [0, 0.05) is 10.5 Å². The van der Waals surface area contributed by atoms with Crippen LogP contribution in [0, 0.1) is 0 Å². The molecule has 0 saturated carbocycles. The number of benzene rings is 1. The van der Waals surface area contributed by atoms with Crippen LogP contribution in [0.2, 0.25) is 5.02 Å². The number of aliphatic carboxylic acids is 1. The summed E-state index contributed by atoms with van der Waals surface area (Å²) in [6.07, 6.45) is 1.83. The van der Waals surface area contributed by atoms with E-state index in [1.54, 1.807) is 6.07 Å². The first-order chi connectivity index (χ1) is 6.56. The van der Waals surface area contributed by atoms with Gasteiger partial charge in [0.2, 0.25) is 0 Å². The van der Waals surface area contributed by atoms with Gasteiger partial charge >= 0.3 is 5.97 Å². The van der Waals surface area contributed by atoms with Crippen molar-refractivity contribution in [2.45, 2.75) is 4.90 Å². The maximum atomic E-state index is 11.1. The third-order valence-electron chi connectivity index (χ3n) is 1.61. The van der Waals surface area contributed by atoms with Gasteiger partial charge in [-0.25, -0.2) is 4.79 Å². The number of halogens is 1. The number of ketones is 1. The Morgan fingerprint density at radius 1 is 1.43 bits per heavy atom. The van der Waals surface area contributed by atoms with E-state index in [0.29, 0.717) is 0 Å². The fraction of sp³-hybridized carbons (Fsp3) is 0.111. The monoisotopic (exact) mass is 230 g/mol. The molecule has 0 saturated heterocycles. The molecule has 1 aromatic carbocycles. The molecule has 1 rings (SSSR count). The predicted octanol–water partition coefficient (Wildman–Crippen LogP) is 2.33. The summed E-state index contributed by atoms with van der Waals surface area (Å²) in [5.41, 5.74) is 0.0333. The quantitative estimate of drug-likeness (QED) is 0.492. The lowest BCUT2D eigenvalue weighted by atomic mass is 10.1. The molecule has 0 heterocycles. The number of carbonyl (C=O) groups excluding carboxylic acids is 1. The number of hydrogen-bond donors (Lipinski definition) is 1. The molecule has 0 spiro atoms. The lowest BCUT2D eigenvalue weighted by Crippen LogP contribution is -2.13. The third-order valence-corrected chi connectivity index (χ3v) is 2.67. The van der Waals surface area contributed by atoms with Gasteiger partial charge in [0.1, 0.15) is 0 Å². The summed E-state index contributed by atoms with van der Waals surface area (Å²) in [5, 5.41) is 8.67. The topological polar surface area (TPSA) is 54.4 Å². The first-order valence-electron chi connectivity index (χ1n) is 3.67. The molecule has 3 nitrogen and oxygen atoms in total. The predicted molar refractivity (Wildman–Crippen MR) is 55.2 cm³/mol. The summed E-state index contributed by atoms with van der Waals surface area (Å²) in [6.45, 7) is 0. The van der Waals surface area contributed by atoms with Crippen molar-refractivity contribution in [3.63, 3.8) is 0 Å². The van der Waals surface area contributed by atoms with Crippen molar-refractivity contribution in [2.24, 2.45) is 0 Å². The highest BCUT2D eigenvalue weighted by molar-refractivity contribution is 7.98. The molecular weight excluding hydrogens is 224 g/mol. The van der Waals surface area contributed by atoms with Gasteiger partial charge in [-0.1, -0.05) is 11.6 Å². The molecule has 1 N–H and O–H groups in total. The van der Waals surface area contributed by atoms with Gasteiger partial charge in [0.05, 0.1) is 5.02 Å². The molecule has 0 amide bonds. The average molecular weight is 231 g/mol. The fourth-order valence-electron chi connectivity index (χ4n) is 0.921. The largest absolute Gasteiger partial charge is 0.475 e. The zero-order chi connectivity index (χ0) is 10.7. The number of thioether (sulfide) groups is 1. The highest BCUT2D eigenvalue weighted by Gasteiger charge is 2.17. The Hall–Kier alpha value is -1.00. The SMILES string of the molecule is CSc1ccc(Cl)c(C(=O)C(=O)O)c1. The molecule has 0 radical (unpaired) electrons. The lowest BCUT2D eigenvalue weighted by Gasteiger charge is -2.02. The highest BCUT2D eigenvalue weighted by Crippen LogP contribution is 2.23. The molecule has 0 bridgehead atoms. The van der Waals surface area contributed by atoms with Crippen LogP contribution in [0.3, 0.4) is 0 Å². The highest BCUT2D eigenvalue weighted by atomic mass is 35.5. The van der Waals surface area contributed by atoms with Crippen molar-refractivity contribution in [3.8, 4) is 0 Å². The normalized spacial score (nSPS) is 9.86. The van der Waals surface area contributed by atoms with Crippen LogP contribution in [0.15, 0.2) is 23.1 Å². The van der Waals surface area contributed by atoms with Gasteiger partial charge in [-0.3, -0.25) is 4.79 Å². The van der Waals surface area contributed by atoms with E-state index in [1.807, 2.05) is 6.26 Å². The summed E-state index contributed by atoms with van der Waals surface area (Å²) in [7, 11) is 0. The first kappa shape index (κ1) is 11.1. The Balaban J connectivity index is 3.19. The van der Waals surface area contributed by atoms with E-state index >= 15 is 0 Å². The van der Waals surface area contributed by atoms with Gasteiger partial charge in [-0.2, -0.15) is 0 Å². The molecule has 74 valence electrons. The van der Waals surface area contributed by atoms with Crippen LogP contribution >= 0.6 is 23.4 Å². The van der Waals surface area contributed by atoms with Crippen molar-refractivity contribution in [1.29, 1.82) is 0 Å². The second-order valence-electron chi connectivity index (χ2n) is 2.48. The maximum Gasteiger partial charge on any atom is 0.377 e. The number of carbonyl (C=O) groups is 2. The van der Waals surface area contributed by atoms with Gasteiger partial charge < -0.3 is 5.11 Å². The maximum absolute atomic E-state index is 11.1. The Bertz CT molecular complexity index is 390. The summed E-state index contributed by atoms with van der Waals surface area (Å²) in [4.78, 5) is 22.4. The third kappa shape index (κ3) is 2.27. The molecule has 0 aliphatic carbocycles. The zero-order valence-electron chi connectivity index (χ0n) is 7.28. The van der Waals surface area contributed by atoms with Gasteiger partial charge in [0.25, 0.3) is 5.78 Å². The molecule has 0 unspecified atom stereocenters. The second kappa shape index (κ2) is 4.48. The number of rotatable bonds is 3. The molecular formula is C9H7ClO3S. The van der Waals surface area contributed by atoms with E-state index in [9.17, 15) is 9.59 Å². The van der Waals surface area contributed by atoms with Crippen LogP contribution in [0.25, 0.3) is 0 Å². The second-order valence-corrected chi connectivity index (χ2v) is 3.77. The van der Waals surface area contributed by atoms with Crippen molar-refractivity contribution >= 4 is 35.1 Å². The number of carboxylic acids is 1. The Morgan fingerprint density at radius 3 is 2.57 bits per heavy atom. The molecule has 0 aliphatic rings. The minimum Gasteiger partial charge on any atom is -0.475 e. The molecule has 1 aromatic rings. The summed E-state index contributed by atoms with van der Waals surface area (Å²) >= 11 is 7.12. The Labute approximate surface area is 90.1 Å². The van der Waals surface area contributed by atoms with E-state index in [0.717, 1.165) is 4.90 Å². The summed E-state index contributed by atoms with van der Waals surface area (Å²) in [6, 6.07) is 4.72. The van der Waals surface area contributed by atoms with Crippen molar-refractivity contribution in [3.05, 3.63) is 28.8 Å². The van der Waals surface area contributed by atoms with Crippen molar-refractivity contribution in [2.75, 3.05) is 6.26 Å². The summed E-state index contributed by atoms with van der Waals surface area (Å²) < 4.78 is 0. The van der Waals surface area contributed by atoms with E-state index in [2.05, 4.69) is 0 Å². The standard InChI is InChI=1S/C9H7ClO3S/c1-14-5-2-3-7(10)6(4-5)8(11)9(12)13/h2-4H,1H3,(H,12,13). The van der Waals surface area contributed by atoms with Crippen LogP contribution < -0.4 is 0 Å². The molecule has 14 heavy (non-hydrogen) atoms. The molecule has 0 atom stereocenters. The summed E-state index contributed by atoms with van der Waals surface area (Å²) in [5.74, 6) is -2.48. The van der Waals surface area contributed by atoms with E-state index in [-0.39, 0.29) is 10.6 Å². The van der Waals surface area contributed by atoms with Crippen LogP contribution in [-0.4, -0.2) is 23.1 Å². The number of Topliss-reactive ketones (excluding diaryl/α,β-unsaturated/α-hetero) is 1. The van der Waals surface area contributed by atoms with Crippen LogP contribution in [-0.2, 0) is 4.79 Å². The molecule has 0 aliphatic heterocycles. The fourth-order valence-corrected chi connectivity index (χ4v) is 1.56. The molecule has 0 fully saturated rings. The number of carboxylic acid groups (broad SMARTS) is 1. The van der Waals surface area contributed by atoms with E-state index < -0.39 is 11.8 Å². The van der Waals surface area contributed by atoms with Crippen molar-refractivity contribution in [1.82, 2.24) is 0 Å². The lowest BCUT2D eigenvalue weighted by molar-refractivity contribution is -0.131. The first-order valence-corrected chi connectivity index (χ1v) is 5.27. The average Bonchev–Trinajstić information content (AvgIpc) is 2.17. The zero-order valence-corrected chi connectivity index (χ0v) is 8.85. The Kier molecular flexibility index (Phi) is 3.55. The van der Waals surface area contributed by atoms with Crippen LogP contribution in [0.4, 0.5) is 0 Å². The molecule has 0 aromatic heterocycles. The van der Waals surface area contributed by atoms with E-state index in [1.165, 1.54) is 23.9 Å². The smallest absolute Gasteiger partial charge is 0.377 e. The van der Waals surface area contributed by atoms with Crippen molar-refractivity contribution < 1.29 is 14.7 Å². The van der Waals surface area contributed by atoms with Gasteiger partial charge in [-0.15, -0.1) is 11.8 Å². The van der Waals surface area contributed by atoms with Gasteiger partial charge in [0.15, 0.2) is 0 Å². The van der Waals surface area contributed by atoms with Crippen LogP contribution in [0.5, 0.6) is 0 Å². The Morgan fingerprint density at radius 2 is 2.07 bits per heavy atom. The minimum atomic E-state index is -1.50. The minimum absolute atomic E-state index is 0.0333. The van der Waals surface area contributed by atoms with Crippen LogP contribution in [0.1, 0.15) is 10.4 Å². The molecule has 5 heteroatoms.